The zero-order valence-corrected chi connectivity index (χ0v) is 12.9. The van der Waals surface area contributed by atoms with Gasteiger partial charge >= 0.3 is 0 Å². The predicted octanol–water partition coefficient (Wildman–Crippen LogP) is 3.18. The summed E-state index contributed by atoms with van der Waals surface area (Å²) in [5, 5.41) is 6.29. The molecule has 1 aromatic carbocycles. The van der Waals surface area contributed by atoms with E-state index in [0.29, 0.717) is 6.42 Å². The van der Waals surface area contributed by atoms with Crippen LogP contribution >= 0.6 is 0 Å². The Bertz CT molecular complexity index is 387. The highest BCUT2D eigenvalue weighted by Crippen LogP contribution is 2.14. The third-order valence-corrected chi connectivity index (χ3v) is 3.04. The van der Waals surface area contributed by atoms with Crippen LogP contribution in [0, 0.1) is 0 Å². The van der Waals surface area contributed by atoms with Crippen LogP contribution in [0.4, 0.5) is 11.4 Å². The van der Waals surface area contributed by atoms with Gasteiger partial charge in [0.05, 0.1) is 0 Å². The summed E-state index contributed by atoms with van der Waals surface area (Å²) in [5.74, 6) is 0.0959. The van der Waals surface area contributed by atoms with E-state index < -0.39 is 0 Å². The number of benzene rings is 1. The Balaban J connectivity index is 2.31. The second kappa shape index (κ2) is 9.37. The smallest absolute Gasteiger partial charge is 0.224 e. The Labute approximate surface area is 122 Å². The summed E-state index contributed by atoms with van der Waals surface area (Å²) in [4.78, 5) is 13.8. The molecule has 1 aromatic rings. The van der Waals surface area contributed by atoms with E-state index in [0.717, 1.165) is 43.7 Å². The lowest BCUT2D eigenvalue weighted by Gasteiger charge is -2.11. The maximum absolute atomic E-state index is 11.6. The molecule has 1 amide bonds. The lowest BCUT2D eigenvalue weighted by molar-refractivity contribution is -0.116. The second-order valence-corrected chi connectivity index (χ2v) is 5.31. The molecular formula is C16H27N3O. The van der Waals surface area contributed by atoms with Crippen molar-refractivity contribution in [3.63, 3.8) is 0 Å². The van der Waals surface area contributed by atoms with Crippen molar-refractivity contribution in [2.24, 2.45) is 0 Å². The topological polar surface area (TPSA) is 44.4 Å². The Kier molecular flexibility index (Phi) is 7.73. The number of hydrogen-bond acceptors (Lipinski definition) is 3. The average molecular weight is 277 g/mol. The molecule has 20 heavy (non-hydrogen) atoms. The molecule has 0 aliphatic carbocycles. The first-order valence-electron chi connectivity index (χ1n) is 7.40. The number of carbonyl (C=O) groups is 1. The second-order valence-electron chi connectivity index (χ2n) is 5.31. The van der Waals surface area contributed by atoms with Crippen molar-refractivity contribution < 1.29 is 4.79 Å². The summed E-state index contributed by atoms with van der Waals surface area (Å²) >= 11 is 0. The molecule has 0 bridgehead atoms. The number of rotatable bonds is 9. The fourth-order valence-electron chi connectivity index (χ4n) is 1.86. The van der Waals surface area contributed by atoms with Gasteiger partial charge in [0.2, 0.25) is 5.91 Å². The molecule has 0 aliphatic heterocycles. The van der Waals surface area contributed by atoms with Gasteiger partial charge in [0.25, 0.3) is 0 Å². The van der Waals surface area contributed by atoms with E-state index in [9.17, 15) is 4.79 Å². The van der Waals surface area contributed by atoms with E-state index in [-0.39, 0.29) is 5.91 Å². The van der Waals surface area contributed by atoms with Crippen LogP contribution < -0.4 is 10.6 Å². The van der Waals surface area contributed by atoms with Gasteiger partial charge in [-0.15, -0.1) is 0 Å². The van der Waals surface area contributed by atoms with Crippen LogP contribution in [0.1, 0.15) is 32.6 Å². The van der Waals surface area contributed by atoms with Crippen molar-refractivity contribution >= 4 is 17.3 Å². The van der Waals surface area contributed by atoms with Crippen molar-refractivity contribution in [1.82, 2.24) is 4.90 Å². The van der Waals surface area contributed by atoms with E-state index in [1.165, 1.54) is 0 Å². The van der Waals surface area contributed by atoms with Crippen LogP contribution in [0.2, 0.25) is 0 Å². The minimum Gasteiger partial charge on any atom is -0.385 e. The quantitative estimate of drug-likeness (QED) is 0.681. The highest BCUT2D eigenvalue weighted by Gasteiger charge is 2.01. The highest BCUT2D eigenvalue weighted by molar-refractivity contribution is 5.90. The summed E-state index contributed by atoms with van der Waals surface area (Å²) < 4.78 is 0. The molecule has 112 valence electrons. The molecule has 0 aliphatic rings. The number of amides is 1. The number of nitrogens with one attached hydrogen (secondary N) is 2. The molecule has 0 aromatic heterocycles. The number of nitrogens with zero attached hydrogens (tertiary/aromatic N) is 1. The maximum atomic E-state index is 11.6. The summed E-state index contributed by atoms with van der Waals surface area (Å²) in [7, 11) is 4.16. The molecule has 1 rings (SSSR count). The summed E-state index contributed by atoms with van der Waals surface area (Å²) in [6.07, 6.45) is 3.70. The first-order chi connectivity index (χ1) is 9.61. The van der Waals surface area contributed by atoms with Gasteiger partial charge in [-0.05, 0) is 57.7 Å². The Morgan fingerprint density at radius 3 is 2.35 bits per heavy atom. The molecule has 0 heterocycles. The van der Waals surface area contributed by atoms with Gasteiger partial charge in [0.1, 0.15) is 0 Å². The Morgan fingerprint density at radius 1 is 1.10 bits per heavy atom. The van der Waals surface area contributed by atoms with Crippen molar-refractivity contribution in [2.75, 3.05) is 37.8 Å². The van der Waals surface area contributed by atoms with E-state index in [4.69, 9.17) is 0 Å². The molecule has 4 heteroatoms. The fraction of sp³-hybridized carbons (Fsp3) is 0.562. The van der Waals surface area contributed by atoms with E-state index in [1.54, 1.807) is 0 Å². The van der Waals surface area contributed by atoms with Gasteiger partial charge in [-0.1, -0.05) is 13.3 Å². The van der Waals surface area contributed by atoms with Gasteiger partial charge in [-0.2, -0.15) is 0 Å². The van der Waals surface area contributed by atoms with E-state index >= 15 is 0 Å². The molecule has 0 saturated heterocycles. The number of carbonyl (C=O) groups excluding carboxylic acids is 1. The third kappa shape index (κ3) is 7.14. The Hall–Kier alpha value is -1.55. The largest absolute Gasteiger partial charge is 0.385 e. The van der Waals surface area contributed by atoms with Crippen LogP contribution in [-0.4, -0.2) is 38.0 Å². The summed E-state index contributed by atoms with van der Waals surface area (Å²) in [5.41, 5.74) is 1.96. The van der Waals surface area contributed by atoms with Crippen LogP contribution in [0.3, 0.4) is 0 Å². The van der Waals surface area contributed by atoms with Crippen molar-refractivity contribution in [3.8, 4) is 0 Å². The molecule has 0 spiro atoms. The molecule has 0 unspecified atom stereocenters. The lowest BCUT2D eigenvalue weighted by Crippen LogP contribution is -2.16. The molecule has 0 radical (unpaired) electrons. The third-order valence-electron chi connectivity index (χ3n) is 3.04. The predicted molar refractivity (Wildman–Crippen MR) is 86.3 cm³/mol. The van der Waals surface area contributed by atoms with Crippen LogP contribution in [-0.2, 0) is 4.79 Å². The number of unbranched alkanes of at least 4 members (excludes halogenated alkanes) is 1. The number of anilines is 2. The average Bonchev–Trinajstić information content (AvgIpc) is 2.43. The minimum atomic E-state index is 0.0959. The molecular weight excluding hydrogens is 250 g/mol. The van der Waals surface area contributed by atoms with Gasteiger partial charge in [-0.3, -0.25) is 4.79 Å². The summed E-state index contributed by atoms with van der Waals surface area (Å²) in [6.45, 7) is 4.13. The molecule has 0 saturated carbocycles. The van der Waals surface area contributed by atoms with Gasteiger partial charge in [-0.25, -0.2) is 0 Å². The zero-order valence-electron chi connectivity index (χ0n) is 12.9. The van der Waals surface area contributed by atoms with Crippen LogP contribution in [0.25, 0.3) is 0 Å². The van der Waals surface area contributed by atoms with Crippen molar-refractivity contribution in [1.29, 1.82) is 0 Å². The SMILES string of the molecule is CCCCC(=O)Nc1ccc(NCCCN(C)C)cc1. The van der Waals surface area contributed by atoms with E-state index in [2.05, 4.69) is 36.6 Å². The van der Waals surface area contributed by atoms with Crippen molar-refractivity contribution in [3.05, 3.63) is 24.3 Å². The first kappa shape index (κ1) is 16.5. The van der Waals surface area contributed by atoms with Gasteiger partial charge in [0, 0.05) is 24.3 Å². The molecule has 4 nitrogen and oxygen atoms in total. The van der Waals surface area contributed by atoms with Crippen LogP contribution in [0.5, 0.6) is 0 Å². The molecule has 2 N–H and O–H groups in total. The maximum Gasteiger partial charge on any atom is 0.224 e. The standard InChI is InChI=1S/C16H27N3O/c1-4-5-7-16(20)18-15-10-8-14(9-11-15)17-12-6-13-19(2)3/h8-11,17H,4-7,12-13H2,1-3H3,(H,18,20). The van der Waals surface area contributed by atoms with Crippen LogP contribution in [0.15, 0.2) is 24.3 Å². The normalized spacial score (nSPS) is 10.6. The summed E-state index contributed by atoms with van der Waals surface area (Å²) in [6, 6.07) is 7.90. The van der Waals surface area contributed by atoms with Crippen molar-refractivity contribution in [2.45, 2.75) is 32.6 Å². The lowest BCUT2D eigenvalue weighted by atomic mass is 10.2. The Morgan fingerprint density at radius 2 is 1.75 bits per heavy atom. The highest BCUT2D eigenvalue weighted by atomic mass is 16.1. The monoisotopic (exact) mass is 277 g/mol. The van der Waals surface area contributed by atoms with Gasteiger partial charge in [0.15, 0.2) is 0 Å². The minimum absolute atomic E-state index is 0.0959. The van der Waals surface area contributed by atoms with E-state index in [1.807, 2.05) is 24.3 Å². The number of hydrogen-bond donors (Lipinski definition) is 2. The fourth-order valence-corrected chi connectivity index (χ4v) is 1.86. The molecule has 0 atom stereocenters. The van der Waals surface area contributed by atoms with Gasteiger partial charge < -0.3 is 15.5 Å². The molecule has 0 fully saturated rings. The first-order valence-corrected chi connectivity index (χ1v) is 7.40. The zero-order chi connectivity index (χ0) is 14.8.